The summed E-state index contributed by atoms with van der Waals surface area (Å²) in [4.78, 5) is 4.69. The van der Waals surface area contributed by atoms with Crippen LogP contribution in [-0.4, -0.2) is 67.8 Å². The third-order valence-electron chi connectivity index (χ3n) is 2.82. The number of piperazine rings is 1. The van der Waals surface area contributed by atoms with Crippen LogP contribution in [0.15, 0.2) is 22.6 Å². The van der Waals surface area contributed by atoms with Gasteiger partial charge in [-0.05, 0) is 7.05 Å². The minimum atomic E-state index is 0.337. The van der Waals surface area contributed by atoms with Crippen molar-refractivity contribution in [2.24, 2.45) is 10.2 Å². The molecule has 0 aromatic carbocycles. The van der Waals surface area contributed by atoms with E-state index in [2.05, 4.69) is 40.4 Å². The lowest BCUT2D eigenvalue weighted by Crippen LogP contribution is -2.46. The van der Waals surface area contributed by atoms with Gasteiger partial charge in [0.1, 0.15) is 0 Å². The first-order valence-electron chi connectivity index (χ1n) is 5.39. The molecule has 0 bridgehead atoms. The third kappa shape index (κ3) is 3.71. The van der Waals surface area contributed by atoms with Crippen molar-refractivity contribution in [2.75, 3.05) is 46.3 Å². The van der Waals surface area contributed by atoms with Crippen molar-refractivity contribution in [1.82, 2.24) is 14.8 Å². The van der Waals surface area contributed by atoms with Gasteiger partial charge in [0, 0.05) is 39.4 Å². The number of hydrogen-bond donors (Lipinski definition) is 1. The molecule has 6 heteroatoms. The molecule has 0 aliphatic carbocycles. The van der Waals surface area contributed by atoms with Gasteiger partial charge in [-0.15, -0.1) is 5.11 Å². The van der Waals surface area contributed by atoms with E-state index >= 15 is 0 Å². The Bertz CT molecular complexity index is 256. The second-order valence-corrected chi connectivity index (χ2v) is 3.94. The smallest absolute Gasteiger partial charge is 0.163 e. The van der Waals surface area contributed by atoms with Crippen LogP contribution in [0.5, 0.6) is 0 Å². The summed E-state index contributed by atoms with van der Waals surface area (Å²) < 4.78 is 0. The Morgan fingerprint density at radius 1 is 1.38 bits per heavy atom. The Balaban J connectivity index is 2.30. The molecular formula is C10H20N6. The maximum atomic E-state index is 6.87. The van der Waals surface area contributed by atoms with Crippen molar-refractivity contribution >= 4 is 6.72 Å². The largest absolute Gasteiger partial charge is 0.304 e. The standard InChI is InChI=1S/C10H20N6/c1-10(13-11)16(12-2)9-8-15-6-4-14(3)5-7-15/h11H,1-2,4-9H2,3H3. The topological polar surface area (TPSA) is 58.3 Å². The molecule has 16 heavy (non-hydrogen) atoms. The Labute approximate surface area is 96.7 Å². The van der Waals surface area contributed by atoms with Gasteiger partial charge in [-0.2, -0.15) is 5.10 Å². The summed E-state index contributed by atoms with van der Waals surface area (Å²) in [7, 11) is 2.13. The first-order chi connectivity index (χ1) is 7.67. The molecule has 1 saturated heterocycles. The lowest BCUT2D eigenvalue weighted by atomic mass is 10.3. The third-order valence-corrected chi connectivity index (χ3v) is 2.82. The molecule has 0 aromatic heterocycles. The average Bonchev–Trinajstić information content (AvgIpc) is 2.31. The highest BCUT2D eigenvalue weighted by atomic mass is 15.5. The van der Waals surface area contributed by atoms with Crippen molar-refractivity contribution < 1.29 is 0 Å². The van der Waals surface area contributed by atoms with Crippen LogP contribution in [0.4, 0.5) is 0 Å². The predicted molar refractivity (Wildman–Crippen MR) is 64.5 cm³/mol. The normalized spacial score (nSPS) is 18.1. The number of nitrogens with zero attached hydrogens (tertiary/aromatic N) is 5. The zero-order valence-electron chi connectivity index (χ0n) is 9.89. The highest BCUT2D eigenvalue weighted by Gasteiger charge is 2.14. The number of hydrogen-bond acceptors (Lipinski definition) is 6. The van der Waals surface area contributed by atoms with Gasteiger partial charge in [-0.1, -0.05) is 6.58 Å². The van der Waals surface area contributed by atoms with Gasteiger partial charge in [0.2, 0.25) is 0 Å². The molecule has 1 aliphatic rings. The van der Waals surface area contributed by atoms with Crippen LogP contribution in [0, 0.1) is 5.53 Å². The highest BCUT2D eigenvalue weighted by molar-refractivity contribution is 5.23. The minimum absolute atomic E-state index is 0.337. The molecule has 1 heterocycles. The van der Waals surface area contributed by atoms with E-state index in [0.717, 1.165) is 32.7 Å². The highest BCUT2D eigenvalue weighted by Crippen LogP contribution is 2.05. The van der Waals surface area contributed by atoms with Crippen molar-refractivity contribution in [3.8, 4) is 0 Å². The summed E-state index contributed by atoms with van der Waals surface area (Å²) in [6.07, 6.45) is 0. The second-order valence-electron chi connectivity index (χ2n) is 3.94. The lowest BCUT2D eigenvalue weighted by molar-refractivity contribution is 0.142. The number of likely N-dealkylation sites (N-methyl/N-ethyl adjacent to an activating group) is 1. The minimum Gasteiger partial charge on any atom is -0.304 e. The van der Waals surface area contributed by atoms with Gasteiger partial charge >= 0.3 is 0 Å². The number of rotatable bonds is 6. The molecule has 0 amide bonds. The first-order valence-corrected chi connectivity index (χ1v) is 5.39. The Kier molecular flexibility index (Phi) is 5.07. The van der Waals surface area contributed by atoms with Crippen LogP contribution in [0.3, 0.4) is 0 Å². The van der Waals surface area contributed by atoms with Gasteiger partial charge < -0.3 is 4.90 Å². The van der Waals surface area contributed by atoms with E-state index in [1.807, 2.05) is 0 Å². The van der Waals surface area contributed by atoms with E-state index in [4.69, 9.17) is 5.53 Å². The summed E-state index contributed by atoms with van der Waals surface area (Å²) in [5.41, 5.74) is 6.87. The Morgan fingerprint density at radius 2 is 2.00 bits per heavy atom. The summed E-state index contributed by atoms with van der Waals surface area (Å²) in [6.45, 7) is 13.0. The fourth-order valence-corrected chi connectivity index (χ4v) is 1.65. The van der Waals surface area contributed by atoms with Crippen LogP contribution in [0.2, 0.25) is 0 Å². The van der Waals surface area contributed by atoms with Crippen LogP contribution in [-0.2, 0) is 0 Å². The van der Waals surface area contributed by atoms with E-state index in [1.165, 1.54) is 0 Å². The maximum absolute atomic E-state index is 6.87. The molecule has 90 valence electrons. The molecular weight excluding hydrogens is 204 g/mol. The van der Waals surface area contributed by atoms with Crippen LogP contribution in [0.1, 0.15) is 0 Å². The lowest BCUT2D eigenvalue weighted by Gasteiger charge is -2.33. The molecule has 1 aliphatic heterocycles. The van der Waals surface area contributed by atoms with Gasteiger partial charge in [-0.3, -0.25) is 4.90 Å². The zero-order valence-corrected chi connectivity index (χ0v) is 9.89. The van der Waals surface area contributed by atoms with Crippen molar-refractivity contribution in [2.45, 2.75) is 0 Å². The van der Waals surface area contributed by atoms with Gasteiger partial charge in [0.15, 0.2) is 5.82 Å². The number of hydrazone groups is 1. The average molecular weight is 224 g/mol. The van der Waals surface area contributed by atoms with Gasteiger partial charge in [0.05, 0.1) is 6.54 Å². The van der Waals surface area contributed by atoms with Crippen molar-refractivity contribution in [3.05, 3.63) is 12.4 Å². The van der Waals surface area contributed by atoms with Gasteiger partial charge in [0.25, 0.3) is 0 Å². The summed E-state index contributed by atoms with van der Waals surface area (Å²) in [5.74, 6) is 0.337. The molecule has 0 saturated carbocycles. The molecule has 1 rings (SSSR count). The second kappa shape index (κ2) is 6.34. The molecule has 0 unspecified atom stereocenters. The molecule has 0 radical (unpaired) electrons. The van der Waals surface area contributed by atoms with Crippen LogP contribution < -0.4 is 0 Å². The van der Waals surface area contributed by atoms with Crippen molar-refractivity contribution in [1.29, 1.82) is 5.53 Å². The number of nitrogens with one attached hydrogen (secondary N) is 1. The van der Waals surface area contributed by atoms with Crippen LogP contribution in [0.25, 0.3) is 0 Å². The fraction of sp³-hybridized carbons (Fsp3) is 0.700. The zero-order chi connectivity index (χ0) is 12.0. The monoisotopic (exact) mass is 224 g/mol. The first kappa shape index (κ1) is 12.8. The SMILES string of the molecule is C=NN(CCN1CCN(C)CC1)C(=C)N=N. The Hall–Kier alpha value is -1.27. The molecule has 6 nitrogen and oxygen atoms in total. The van der Waals surface area contributed by atoms with E-state index in [-0.39, 0.29) is 0 Å². The van der Waals surface area contributed by atoms with Gasteiger partial charge in [-0.25, -0.2) is 10.5 Å². The Morgan fingerprint density at radius 3 is 2.50 bits per heavy atom. The fourth-order valence-electron chi connectivity index (χ4n) is 1.65. The molecule has 0 aromatic rings. The van der Waals surface area contributed by atoms with E-state index in [1.54, 1.807) is 5.01 Å². The quantitative estimate of drug-likeness (QED) is 0.409. The van der Waals surface area contributed by atoms with E-state index < -0.39 is 0 Å². The van der Waals surface area contributed by atoms with E-state index in [9.17, 15) is 0 Å². The molecule has 1 fully saturated rings. The summed E-state index contributed by atoms with van der Waals surface area (Å²) in [5, 5.41) is 8.61. The maximum Gasteiger partial charge on any atom is 0.163 e. The van der Waals surface area contributed by atoms with Crippen molar-refractivity contribution in [3.63, 3.8) is 0 Å². The molecule has 0 atom stereocenters. The predicted octanol–water partition coefficient (Wildman–Crippen LogP) is 0.654. The molecule has 0 spiro atoms. The summed E-state index contributed by atoms with van der Waals surface area (Å²) in [6, 6.07) is 0. The summed E-state index contributed by atoms with van der Waals surface area (Å²) >= 11 is 0. The molecule has 1 N–H and O–H groups in total. The van der Waals surface area contributed by atoms with E-state index in [0.29, 0.717) is 12.4 Å². The van der Waals surface area contributed by atoms with Crippen LogP contribution >= 0.6 is 0 Å².